The molecule has 1 fully saturated rings. The van der Waals surface area contributed by atoms with Gasteiger partial charge < -0.3 is 19.5 Å². The van der Waals surface area contributed by atoms with Gasteiger partial charge in [0.2, 0.25) is 0 Å². The van der Waals surface area contributed by atoms with Crippen LogP contribution in [0.25, 0.3) is 0 Å². The lowest BCUT2D eigenvalue weighted by Gasteiger charge is -2.37. The highest BCUT2D eigenvalue weighted by molar-refractivity contribution is 5.68. The molecule has 0 bridgehead atoms. The number of likely N-dealkylation sites (tertiary alicyclic amines) is 1. The molecule has 5 nitrogen and oxygen atoms in total. The first-order valence-electron chi connectivity index (χ1n) is 4.42. The third-order valence-electron chi connectivity index (χ3n) is 1.82. The van der Waals surface area contributed by atoms with E-state index in [2.05, 4.69) is 0 Å². The molecule has 1 heterocycles. The number of ether oxygens (including phenoxy) is 2. The predicted octanol–water partition coefficient (Wildman–Crippen LogP) is -0.164. The van der Waals surface area contributed by atoms with Gasteiger partial charge in [-0.3, -0.25) is 0 Å². The van der Waals surface area contributed by atoms with Gasteiger partial charge in [-0.2, -0.15) is 0 Å². The third-order valence-corrected chi connectivity index (χ3v) is 1.82. The Morgan fingerprint density at radius 2 is 2.31 bits per heavy atom. The van der Waals surface area contributed by atoms with Crippen molar-refractivity contribution in [3.05, 3.63) is 0 Å². The second kappa shape index (κ2) is 5.04. The second-order valence-electron chi connectivity index (χ2n) is 2.82. The van der Waals surface area contributed by atoms with E-state index in [1.807, 2.05) is 0 Å². The Labute approximate surface area is 77.2 Å². The van der Waals surface area contributed by atoms with E-state index in [9.17, 15) is 4.79 Å². The van der Waals surface area contributed by atoms with Crippen LogP contribution in [-0.2, 0) is 9.47 Å². The molecule has 0 aliphatic carbocycles. The van der Waals surface area contributed by atoms with Gasteiger partial charge in [-0.1, -0.05) is 0 Å². The summed E-state index contributed by atoms with van der Waals surface area (Å²) in [4.78, 5) is 12.6. The quantitative estimate of drug-likeness (QED) is 0.667. The van der Waals surface area contributed by atoms with Crippen molar-refractivity contribution in [1.29, 1.82) is 0 Å². The minimum Gasteiger partial charge on any atom is -0.450 e. The van der Waals surface area contributed by atoms with E-state index < -0.39 is 0 Å². The van der Waals surface area contributed by atoms with Crippen LogP contribution in [0.15, 0.2) is 0 Å². The van der Waals surface area contributed by atoms with Crippen molar-refractivity contribution in [3.8, 4) is 0 Å². The lowest BCUT2D eigenvalue weighted by molar-refractivity contribution is -0.0576. The van der Waals surface area contributed by atoms with Crippen LogP contribution in [0.5, 0.6) is 0 Å². The van der Waals surface area contributed by atoms with Gasteiger partial charge in [-0.25, -0.2) is 4.79 Å². The lowest BCUT2D eigenvalue weighted by atomic mass is 10.2. The summed E-state index contributed by atoms with van der Waals surface area (Å²) in [6.45, 7) is 3.67. The van der Waals surface area contributed by atoms with Crippen molar-refractivity contribution < 1.29 is 19.4 Å². The molecule has 0 atom stereocenters. The van der Waals surface area contributed by atoms with Gasteiger partial charge in [-0.15, -0.1) is 0 Å². The fourth-order valence-electron chi connectivity index (χ4n) is 1.13. The van der Waals surface area contributed by atoms with Crippen molar-refractivity contribution in [2.45, 2.75) is 13.0 Å². The van der Waals surface area contributed by atoms with Gasteiger partial charge in [0, 0.05) is 0 Å². The monoisotopic (exact) mass is 189 g/mol. The first-order chi connectivity index (χ1) is 6.27. The molecule has 0 saturated carbocycles. The van der Waals surface area contributed by atoms with Crippen molar-refractivity contribution in [1.82, 2.24) is 4.90 Å². The average molecular weight is 189 g/mol. The molecule has 0 aromatic carbocycles. The number of aliphatic hydroxyl groups is 1. The molecule has 0 aromatic rings. The molecule has 1 rings (SSSR count). The molecule has 1 N–H and O–H groups in total. The van der Waals surface area contributed by atoms with Crippen LogP contribution in [0.1, 0.15) is 6.92 Å². The molecule has 1 amide bonds. The van der Waals surface area contributed by atoms with Crippen LogP contribution in [0, 0.1) is 0 Å². The van der Waals surface area contributed by atoms with Crippen LogP contribution in [0.4, 0.5) is 4.79 Å². The van der Waals surface area contributed by atoms with Gasteiger partial charge >= 0.3 is 6.09 Å². The van der Waals surface area contributed by atoms with Crippen molar-refractivity contribution in [2.24, 2.45) is 0 Å². The standard InChI is InChI=1S/C8H15NO4/c1-2-12-8(11)9-5-7(6-9)13-4-3-10/h7,10H,2-6H2,1H3. The maximum absolute atomic E-state index is 11.0. The summed E-state index contributed by atoms with van der Waals surface area (Å²) in [5.74, 6) is 0. The van der Waals surface area contributed by atoms with Gasteiger partial charge in [0.15, 0.2) is 0 Å². The summed E-state index contributed by atoms with van der Waals surface area (Å²) in [6.07, 6.45) is -0.220. The van der Waals surface area contributed by atoms with Crippen LogP contribution in [-0.4, -0.2) is 55.1 Å². The van der Waals surface area contributed by atoms with Crippen LogP contribution in [0.3, 0.4) is 0 Å². The molecule has 76 valence electrons. The SMILES string of the molecule is CCOC(=O)N1CC(OCCO)C1. The highest BCUT2D eigenvalue weighted by Crippen LogP contribution is 2.12. The van der Waals surface area contributed by atoms with Gasteiger partial charge in [0.1, 0.15) is 0 Å². The number of nitrogens with zero attached hydrogens (tertiary/aromatic N) is 1. The number of aliphatic hydroxyl groups excluding tert-OH is 1. The average Bonchev–Trinajstić information content (AvgIpc) is 2.02. The highest BCUT2D eigenvalue weighted by Gasteiger charge is 2.31. The predicted molar refractivity (Wildman–Crippen MR) is 45.4 cm³/mol. The fraction of sp³-hybridized carbons (Fsp3) is 0.875. The molecule has 1 saturated heterocycles. The zero-order chi connectivity index (χ0) is 9.68. The molecule has 1 aliphatic heterocycles. The molecule has 0 radical (unpaired) electrons. The van der Waals surface area contributed by atoms with Gasteiger partial charge in [0.25, 0.3) is 0 Å². The van der Waals surface area contributed by atoms with Crippen LogP contribution < -0.4 is 0 Å². The van der Waals surface area contributed by atoms with Crippen LogP contribution >= 0.6 is 0 Å². The van der Waals surface area contributed by atoms with E-state index in [1.165, 1.54) is 0 Å². The minimum atomic E-state index is -0.286. The van der Waals surface area contributed by atoms with Crippen molar-refractivity contribution in [3.63, 3.8) is 0 Å². The van der Waals surface area contributed by atoms with E-state index >= 15 is 0 Å². The Morgan fingerprint density at radius 1 is 1.62 bits per heavy atom. The second-order valence-corrected chi connectivity index (χ2v) is 2.82. The summed E-state index contributed by atoms with van der Waals surface area (Å²) in [6, 6.07) is 0. The first-order valence-corrected chi connectivity index (χ1v) is 4.42. The van der Waals surface area contributed by atoms with Crippen molar-refractivity contribution in [2.75, 3.05) is 32.9 Å². The number of rotatable bonds is 4. The molecular formula is C8H15NO4. The molecule has 13 heavy (non-hydrogen) atoms. The Hall–Kier alpha value is -0.810. The summed E-state index contributed by atoms with van der Waals surface area (Å²) >= 11 is 0. The van der Waals surface area contributed by atoms with Crippen LogP contribution in [0.2, 0.25) is 0 Å². The maximum atomic E-state index is 11.0. The molecule has 0 aromatic heterocycles. The summed E-state index contributed by atoms with van der Waals surface area (Å²) < 4.78 is 9.97. The number of hydrogen-bond acceptors (Lipinski definition) is 4. The topological polar surface area (TPSA) is 59.0 Å². The Kier molecular flexibility index (Phi) is 3.98. The molecular weight excluding hydrogens is 174 g/mol. The summed E-state index contributed by atoms with van der Waals surface area (Å²) in [5, 5.41) is 8.46. The fourth-order valence-corrected chi connectivity index (χ4v) is 1.13. The lowest BCUT2D eigenvalue weighted by Crippen LogP contribution is -2.55. The zero-order valence-electron chi connectivity index (χ0n) is 7.73. The number of carbonyl (C=O) groups excluding carboxylic acids is 1. The Bertz CT molecular complexity index is 168. The Balaban J connectivity index is 2.07. The van der Waals surface area contributed by atoms with Gasteiger partial charge in [-0.05, 0) is 6.92 Å². The number of amides is 1. The number of hydrogen-bond donors (Lipinski definition) is 1. The normalized spacial score (nSPS) is 16.9. The van der Waals surface area contributed by atoms with E-state index in [4.69, 9.17) is 14.6 Å². The maximum Gasteiger partial charge on any atom is 0.409 e. The Morgan fingerprint density at radius 3 is 2.85 bits per heavy atom. The summed E-state index contributed by atoms with van der Waals surface area (Å²) in [7, 11) is 0. The highest BCUT2D eigenvalue weighted by atomic mass is 16.6. The summed E-state index contributed by atoms with van der Waals surface area (Å²) in [5.41, 5.74) is 0. The van der Waals surface area contributed by atoms with Crippen molar-refractivity contribution >= 4 is 6.09 Å². The first kappa shape index (κ1) is 10.3. The van der Waals surface area contributed by atoms with E-state index in [0.717, 1.165) is 0 Å². The zero-order valence-corrected chi connectivity index (χ0v) is 7.73. The van der Waals surface area contributed by atoms with E-state index in [1.54, 1.807) is 11.8 Å². The molecule has 1 aliphatic rings. The third kappa shape index (κ3) is 2.86. The minimum absolute atomic E-state index is 0.0237. The molecule has 0 unspecified atom stereocenters. The van der Waals surface area contributed by atoms with Gasteiger partial charge in [0.05, 0.1) is 39.0 Å². The van der Waals surface area contributed by atoms with E-state index in [-0.39, 0.29) is 18.8 Å². The number of carbonyl (C=O) groups is 1. The smallest absolute Gasteiger partial charge is 0.409 e. The largest absolute Gasteiger partial charge is 0.450 e. The molecule has 5 heteroatoms. The molecule has 0 spiro atoms. The van der Waals surface area contributed by atoms with E-state index in [0.29, 0.717) is 26.3 Å².